The van der Waals surface area contributed by atoms with Gasteiger partial charge in [-0.2, -0.15) is 8.78 Å². The van der Waals surface area contributed by atoms with Crippen LogP contribution in [-0.2, 0) is 9.59 Å². The smallest absolute Gasteiger partial charge is 0.387 e. The maximum atomic E-state index is 12.5. The van der Waals surface area contributed by atoms with Crippen molar-refractivity contribution in [2.75, 3.05) is 13.1 Å². The molecule has 1 atom stereocenters. The highest BCUT2D eigenvalue weighted by molar-refractivity contribution is 5.98. The van der Waals surface area contributed by atoms with Gasteiger partial charge in [-0.25, -0.2) is 0 Å². The maximum absolute atomic E-state index is 12.5. The first kappa shape index (κ1) is 20.6. The molecule has 0 aromatic heterocycles. The van der Waals surface area contributed by atoms with Crippen molar-refractivity contribution in [3.63, 3.8) is 0 Å². The van der Waals surface area contributed by atoms with Crippen LogP contribution >= 0.6 is 0 Å². The second-order valence-corrected chi connectivity index (χ2v) is 6.23. The summed E-state index contributed by atoms with van der Waals surface area (Å²) < 4.78 is 29.2. The SMILES string of the molecule is O=C(O)CCC1CCCCN1C(=O)CNC(=O)c1ccccc1OC(F)F. The summed E-state index contributed by atoms with van der Waals surface area (Å²) in [5.74, 6) is -2.21. The van der Waals surface area contributed by atoms with Gasteiger partial charge < -0.3 is 20.1 Å². The monoisotopic (exact) mass is 384 g/mol. The first-order valence-electron chi connectivity index (χ1n) is 8.71. The van der Waals surface area contributed by atoms with Gasteiger partial charge in [0.05, 0.1) is 12.1 Å². The number of alkyl halides is 2. The van der Waals surface area contributed by atoms with E-state index in [2.05, 4.69) is 10.1 Å². The molecule has 2 rings (SSSR count). The van der Waals surface area contributed by atoms with Crippen LogP contribution in [-0.4, -0.2) is 53.5 Å². The molecule has 0 spiro atoms. The third-order valence-corrected chi connectivity index (χ3v) is 4.39. The standard InChI is InChI=1S/C18H22F2N2O5/c19-18(20)27-14-7-2-1-6-13(14)17(26)21-11-15(23)22-10-4-3-5-12(22)8-9-16(24)25/h1-2,6-7,12,18H,3-5,8-11H2,(H,21,26)(H,24,25). The minimum Gasteiger partial charge on any atom is -0.481 e. The average molecular weight is 384 g/mol. The summed E-state index contributed by atoms with van der Waals surface area (Å²) in [6.45, 7) is -2.86. The van der Waals surface area contributed by atoms with E-state index in [0.29, 0.717) is 13.0 Å². The predicted molar refractivity (Wildman–Crippen MR) is 91.6 cm³/mol. The third-order valence-electron chi connectivity index (χ3n) is 4.39. The number of nitrogens with zero attached hydrogens (tertiary/aromatic N) is 1. The molecule has 2 amide bonds. The third kappa shape index (κ3) is 6.19. The molecule has 1 aliphatic heterocycles. The van der Waals surface area contributed by atoms with Gasteiger partial charge in [0.2, 0.25) is 5.91 Å². The Hall–Kier alpha value is -2.71. The summed E-state index contributed by atoms with van der Waals surface area (Å²) in [5, 5.41) is 11.3. The summed E-state index contributed by atoms with van der Waals surface area (Å²) in [7, 11) is 0. The summed E-state index contributed by atoms with van der Waals surface area (Å²) >= 11 is 0. The number of piperidine rings is 1. The topological polar surface area (TPSA) is 95.9 Å². The first-order chi connectivity index (χ1) is 12.9. The Morgan fingerprint density at radius 1 is 1.26 bits per heavy atom. The Bertz CT molecular complexity index is 683. The Morgan fingerprint density at radius 3 is 2.70 bits per heavy atom. The molecule has 1 fully saturated rings. The van der Waals surface area contributed by atoms with Crippen LogP contribution in [0.25, 0.3) is 0 Å². The van der Waals surface area contributed by atoms with Gasteiger partial charge in [-0.1, -0.05) is 12.1 Å². The van der Waals surface area contributed by atoms with E-state index in [0.717, 1.165) is 19.3 Å². The summed E-state index contributed by atoms with van der Waals surface area (Å²) in [6, 6.07) is 5.36. The van der Waals surface area contributed by atoms with E-state index in [1.165, 1.54) is 24.3 Å². The average Bonchev–Trinajstić information content (AvgIpc) is 2.64. The van der Waals surface area contributed by atoms with Crippen molar-refractivity contribution in [2.24, 2.45) is 0 Å². The molecule has 1 saturated heterocycles. The molecule has 1 aliphatic rings. The minimum absolute atomic E-state index is 0.0286. The van der Waals surface area contributed by atoms with E-state index in [-0.39, 0.29) is 36.2 Å². The fourth-order valence-electron chi connectivity index (χ4n) is 3.12. The Balaban J connectivity index is 1.95. The van der Waals surface area contributed by atoms with Crippen molar-refractivity contribution in [1.29, 1.82) is 0 Å². The Morgan fingerprint density at radius 2 is 2.00 bits per heavy atom. The van der Waals surface area contributed by atoms with Crippen LogP contribution in [0.15, 0.2) is 24.3 Å². The lowest BCUT2D eigenvalue weighted by atomic mass is 9.98. The van der Waals surface area contributed by atoms with Gasteiger partial charge in [0.25, 0.3) is 5.91 Å². The molecule has 148 valence electrons. The molecule has 0 aliphatic carbocycles. The number of para-hydroxylation sites is 1. The van der Waals surface area contributed by atoms with Gasteiger partial charge in [0.15, 0.2) is 0 Å². The zero-order chi connectivity index (χ0) is 19.8. The van der Waals surface area contributed by atoms with Crippen LogP contribution in [0.5, 0.6) is 5.75 Å². The van der Waals surface area contributed by atoms with E-state index in [9.17, 15) is 23.2 Å². The van der Waals surface area contributed by atoms with Gasteiger partial charge >= 0.3 is 12.6 Å². The zero-order valence-electron chi connectivity index (χ0n) is 14.7. The number of nitrogens with one attached hydrogen (secondary N) is 1. The van der Waals surface area contributed by atoms with E-state index in [1.807, 2.05) is 0 Å². The van der Waals surface area contributed by atoms with E-state index in [4.69, 9.17) is 5.11 Å². The molecule has 7 nitrogen and oxygen atoms in total. The van der Waals surface area contributed by atoms with Crippen molar-refractivity contribution in [3.05, 3.63) is 29.8 Å². The summed E-state index contributed by atoms with van der Waals surface area (Å²) in [4.78, 5) is 37.1. The van der Waals surface area contributed by atoms with Crippen molar-refractivity contribution in [2.45, 2.75) is 44.8 Å². The normalized spacial score (nSPS) is 16.9. The molecule has 0 radical (unpaired) electrons. The lowest BCUT2D eigenvalue weighted by Gasteiger charge is -2.35. The fourth-order valence-corrected chi connectivity index (χ4v) is 3.12. The maximum Gasteiger partial charge on any atom is 0.387 e. The number of halogens is 2. The second-order valence-electron chi connectivity index (χ2n) is 6.23. The molecule has 2 N–H and O–H groups in total. The molecule has 1 unspecified atom stereocenters. The molecule has 1 aromatic rings. The first-order valence-corrected chi connectivity index (χ1v) is 8.71. The van der Waals surface area contributed by atoms with E-state index >= 15 is 0 Å². The van der Waals surface area contributed by atoms with Crippen LogP contribution in [0, 0.1) is 0 Å². The van der Waals surface area contributed by atoms with Crippen LogP contribution in [0.4, 0.5) is 8.78 Å². The van der Waals surface area contributed by atoms with E-state index < -0.39 is 18.5 Å². The molecular formula is C18H22F2N2O5. The number of aliphatic carboxylic acids is 1. The lowest BCUT2D eigenvalue weighted by molar-refractivity contribution is -0.139. The number of ether oxygens (including phenoxy) is 1. The number of carboxylic acid groups (broad SMARTS) is 1. The van der Waals surface area contributed by atoms with Crippen LogP contribution in [0.2, 0.25) is 0 Å². The van der Waals surface area contributed by atoms with Gasteiger partial charge in [0.1, 0.15) is 5.75 Å². The number of carboxylic acids is 1. The van der Waals surface area contributed by atoms with Crippen molar-refractivity contribution in [1.82, 2.24) is 10.2 Å². The molecule has 1 aromatic carbocycles. The highest BCUT2D eigenvalue weighted by Crippen LogP contribution is 2.22. The second kappa shape index (κ2) is 9.84. The number of carbonyl (C=O) groups excluding carboxylic acids is 2. The minimum atomic E-state index is -3.07. The molecule has 9 heteroatoms. The quantitative estimate of drug-likeness (QED) is 0.717. The Labute approximate surface area is 155 Å². The highest BCUT2D eigenvalue weighted by Gasteiger charge is 2.27. The number of likely N-dealkylation sites (tertiary alicyclic amines) is 1. The van der Waals surface area contributed by atoms with Crippen molar-refractivity contribution < 1.29 is 33.0 Å². The molecule has 27 heavy (non-hydrogen) atoms. The molecule has 1 heterocycles. The Kier molecular flexibility index (Phi) is 7.51. The van der Waals surface area contributed by atoms with Gasteiger partial charge in [-0.15, -0.1) is 0 Å². The molecule has 0 bridgehead atoms. The number of rotatable bonds is 8. The van der Waals surface area contributed by atoms with Crippen molar-refractivity contribution >= 4 is 17.8 Å². The number of carbonyl (C=O) groups is 3. The van der Waals surface area contributed by atoms with Gasteiger partial charge in [-0.3, -0.25) is 14.4 Å². The number of benzene rings is 1. The number of hydrogen-bond donors (Lipinski definition) is 2. The summed E-state index contributed by atoms with van der Waals surface area (Å²) in [6.07, 6.45) is 2.78. The van der Waals surface area contributed by atoms with Gasteiger partial charge in [0, 0.05) is 19.0 Å². The van der Waals surface area contributed by atoms with Crippen LogP contribution < -0.4 is 10.1 Å². The summed E-state index contributed by atoms with van der Waals surface area (Å²) in [5.41, 5.74) is -0.0910. The molecule has 0 saturated carbocycles. The largest absolute Gasteiger partial charge is 0.481 e. The molecular weight excluding hydrogens is 362 g/mol. The highest BCUT2D eigenvalue weighted by atomic mass is 19.3. The van der Waals surface area contributed by atoms with Crippen LogP contribution in [0.3, 0.4) is 0 Å². The van der Waals surface area contributed by atoms with Gasteiger partial charge in [-0.05, 0) is 37.8 Å². The van der Waals surface area contributed by atoms with Crippen molar-refractivity contribution in [3.8, 4) is 5.75 Å². The zero-order valence-corrected chi connectivity index (χ0v) is 14.7. The van der Waals surface area contributed by atoms with Crippen LogP contribution in [0.1, 0.15) is 42.5 Å². The number of hydrogen-bond acceptors (Lipinski definition) is 4. The van der Waals surface area contributed by atoms with E-state index in [1.54, 1.807) is 4.90 Å². The fraction of sp³-hybridized carbons (Fsp3) is 0.500. The predicted octanol–water partition coefficient (Wildman–Crippen LogP) is 2.26. The lowest BCUT2D eigenvalue weighted by Crippen LogP contribution is -2.48. The number of amides is 2.